The van der Waals surface area contributed by atoms with Gasteiger partial charge in [0.25, 0.3) is 5.69 Å². The first kappa shape index (κ1) is 12.2. The van der Waals surface area contributed by atoms with Crippen LogP contribution in [0.2, 0.25) is 0 Å². The molecule has 0 saturated heterocycles. The predicted molar refractivity (Wildman–Crippen MR) is 64.4 cm³/mol. The Morgan fingerprint density at radius 1 is 1.38 bits per heavy atom. The number of nitro groups is 1. The summed E-state index contributed by atoms with van der Waals surface area (Å²) in [6.07, 6.45) is 1.63. The van der Waals surface area contributed by atoms with Crippen LogP contribution in [0.1, 0.15) is 11.1 Å². The number of hydrogen-bond acceptors (Lipinski definition) is 3. The van der Waals surface area contributed by atoms with Crippen molar-refractivity contribution in [2.45, 2.75) is 13.8 Å². The summed E-state index contributed by atoms with van der Waals surface area (Å²) in [5.41, 5.74) is 2.04. The van der Waals surface area contributed by atoms with Crippen molar-refractivity contribution in [2.24, 2.45) is 4.99 Å². The molecular formula is C11H15N3O2. The Hall–Kier alpha value is -1.91. The number of nitro benzene ring substituents is 1. The molecule has 1 aromatic carbocycles. The lowest BCUT2D eigenvalue weighted by molar-refractivity contribution is -0.386. The summed E-state index contributed by atoms with van der Waals surface area (Å²) in [6.45, 7) is 3.44. The van der Waals surface area contributed by atoms with Gasteiger partial charge in [-0.15, -0.1) is 0 Å². The summed E-state index contributed by atoms with van der Waals surface area (Å²) in [6, 6.07) is 3.51. The van der Waals surface area contributed by atoms with E-state index in [2.05, 4.69) is 4.99 Å². The highest BCUT2D eigenvalue weighted by molar-refractivity contribution is 5.67. The second-order valence-corrected chi connectivity index (χ2v) is 3.84. The van der Waals surface area contributed by atoms with Gasteiger partial charge in [-0.1, -0.05) is 6.07 Å². The van der Waals surface area contributed by atoms with Gasteiger partial charge in [0.05, 0.1) is 22.5 Å². The van der Waals surface area contributed by atoms with Crippen molar-refractivity contribution >= 4 is 17.7 Å². The third-order valence-electron chi connectivity index (χ3n) is 2.21. The summed E-state index contributed by atoms with van der Waals surface area (Å²) in [7, 11) is 3.70. The largest absolute Gasteiger partial charge is 0.369 e. The Labute approximate surface area is 94.6 Å². The molecular weight excluding hydrogens is 206 g/mol. The van der Waals surface area contributed by atoms with Crippen molar-refractivity contribution in [3.05, 3.63) is 33.4 Å². The van der Waals surface area contributed by atoms with Crippen molar-refractivity contribution in [2.75, 3.05) is 14.1 Å². The van der Waals surface area contributed by atoms with Crippen LogP contribution in [-0.4, -0.2) is 30.3 Å². The van der Waals surface area contributed by atoms with Crippen LogP contribution >= 0.6 is 0 Å². The van der Waals surface area contributed by atoms with Gasteiger partial charge in [-0.05, 0) is 19.9 Å². The summed E-state index contributed by atoms with van der Waals surface area (Å²) in [5.74, 6) is 0. The molecule has 16 heavy (non-hydrogen) atoms. The number of hydrogen-bond donors (Lipinski definition) is 0. The molecule has 0 radical (unpaired) electrons. The zero-order valence-electron chi connectivity index (χ0n) is 9.89. The van der Waals surface area contributed by atoms with E-state index in [-0.39, 0.29) is 10.6 Å². The van der Waals surface area contributed by atoms with Gasteiger partial charge in [-0.2, -0.15) is 0 Å². The Balaban J connectivity index is 3.24. The van der Waals surface area contributed by atoms with Crippen LogP contribution < -0.4 is 0 Å². The van der Waals surface area contributed by atoms with Gasteiger partial charge in [-0.25, -0.2) is 4.99 Å². The highest BCUT2D eigenvalue weighted by Crippen LogP contribution is 2.30. The number of benzene rings is 1. The predicted octanol–water partition coefficient (Wildman–Crippen LogP) is 2.43. The topological polar surface area (TPSA) is 58.7 Å². The Kier molecular flexibility index (Phi) is 3.60. The molecule has 0 heterocycles. The summed E-state index contributed by atoms with van der Waals surface area (Å²) >= 11 is 0. The maximum atomic E-state index is 10.9. The van der Waals surface area contributed by atoms with Crippen molar-refractivity contribution < 1.29 is 4.92 Å². The smallest absolute Gasteiger partial charge is 0.277 e. The molecule has 0 spiro atoms. The van der Waals surface area contributed by atoms with E-state index < -0.39 is 0 Å². The molecule has 1 aromatic rings. The maximum Gasteiger partial charge on any atom is 0.277 e. The molecule has 1 rings (SSSR count). The van der Waals surface area contributed by atoms with E-state index >= 15 is 0 Å². The Morgan fingerprint density at radius 3 is 2.50 bits per heavy atom. The molecule has 0 unspecified atom stereocenters. The third kappa shape index (κ3) is 2.56. The fourth-order valence-electron chi connectivity index (χ4n) is 1.42. The van der Waals surface area contributed by atoms with Gasteiger partial charge in [0.2, 0.25) is 0 Å². The average molecular weight is 221 g/mol. The van der Waals surface area contributed by atoms with Crippen molar-refractivity contribution in [1.29, 1.82) is 0 Å². The lowest BCUT2D eigenvalue weighted by Crippen LogP contribution is -2.07. The van der Waals surface area contributed by atoms with Gasteiger partial charge < -0.3 is 4.90 Å². The molecule has 0 aromatic heterocycles. The van der Waals surface area contributed by atoms with E-state index in [4.69, 9.17) is 0 Å². The van der Waals surface area contributed by atoms with E-state index in [1.165, 1.54) is 0 Å². The number of aliphatic imine (C=N–C) groups is 1. The zero-order chi connectivity index (χ0) is 12.3. The van der Waals surface area contributed by atoms with E-state index in [9.17, 15) is 10.1 Å². The molecule has 86 valence electrons. The summed E-state index contributed by atoms with van der Waals surface area (Å²) in [5, 5.41) is 10.9. The first-order valence-corrected chi connectivity index (χ1v) is 4.88. The van der Waals surface area contributed by atoms with Gasteiger partial charge in [0.1, 0.15) is 0 Å². The first-order valence-electron chi connectivity index (χ1n) is 4.88. The summed E-state index contributed by atoms with van der Waals surface area (Å²) < 4.78 is 0. The molecule has 5 heteroatoms. The molecule has 0 saturated carbocycles. The normalized spacial score (nSPS) is 10.8. The van der Waals surface area contributed by atoms with E-state index in [1.807, 2.05) is 14.1 Å². The molecule has 0 bridgehead atoms. The minimum absolute atomic E-state index is 0.147. The quantitative estimate of drug-likeness (QED) is 0.341. The second kappa shape index (κ2) is 4.74. The fourth-order valence-corrected chi connectivity index (χ4v) is 1.42. The van der Waals surface area contributed by atoms with Crippen LogP contribution in [0, 0.1) is 24.0 Å². The van der Waals surface area contributed by atoms with Gasteiger partial charge in [0, 0.05) is 19.7 Å². The van der Waals surface area contributed by atoms with Crippen LogP contribution in [0.15, 0.2) is 17.1 Å². The van der Waals surface area contributed by atoms with Gasteiger partial charge in [-0.3, -0.25) is 10.1 Å². The minimum atomic E-state index is -0.362. The fraction of sp³-hybridized carbons (Fsp3) is 0.364. The van der Waals surface area contributed by atoms with Crippen molar-refractivity contribution in [3.63, 3.8) is 0 Å². The van der Waals surface area contributed by atoms with Crippen molar-refractivity contribution in [1.82, 2.24) is 4.90 Å². The van der Waals surface area contributed by atoms with Crippen LogP contribution in [0.3, 0.4) is 0 Å². The van der Waals surface area contributed by atoms with E-state index in [0.717, 1.165) is 0 Å². The standard InChI is InChI=1S/C11H15N3O2/c1-8-5-6-10(12-7-13(3)4)9(2)11(8)14(15)16/h5-7H,1-4H3. The maximum absolute atomic E-state index is 10.9. The second-order valence-electron chi connectivity index (χ2n) is 3.84. The molecule has 0 fully saturated rings. The van der Waals surface area contributed by atoms with E-state index in [1.54, 1.807) is 37.2 Å². The molecule has 0 aliphatic rings. The molecule has 0 N–H and O–H groups in total. The molecule has 0 aliphatic heterocycles. The first-order chi connectivity index (χ1) is 7.43. The lowest BCUT2D eigenvalue weighted by Gasteiger charge is -2.06. The van der Waals surface area contributed by atoms with Gasteiger partial charge >= 0.3 is 0 Å². The highest BCUT2D eigenvalue weighted by atomic mass is 16.6. The number of rotatable bonds is 3. The van der Waals surface area contributed by atoms with Crippen LogP contribution in [-0.2, 0) is 0 Å². The molecule has 0 atom stereocenters. The molecule has 5 nitrogen and oxygen atoms in total. The average Bonchev–Trinajstić information content (AvgIpc) is 2.15. The molecule has 0 aliphatic carbocycles. The summed E-state index contributed by atoms with van der Waals surface area (Å²) in [4.78, 5) is 16.5. The monoisotopic (exact) mass is 221 g/mol. The van der Waals surface area contributed by atoms with E-state index in [0.29, 0.717) is 16.8 Å². The Morgan fingerprint density at radius 2 is 2.00 bits per heavy atom. The lowest BCUT2D eigenvalue weighted by atomic mass is 10.1. The SMILES string of the molecule is Cc1ccc(N=CN(C)C)c(C)c1[N+](=O)[O-]. The molecule has 0 amide bonds. The zero-order valence-corrected chi connectivity index (χ0v) is 9.89. The number of aryl methyl sites for hydroxylation is 1. The van der Waals surface area contributed by atoms with Crippen molar-refractivity contribution in [3.8, 4) is 0 Å². The van der Waals surface area contributed by atoms with Crippen LogP contribution in [0.4, 0.5) is 11.4 Å². The van der Waals surface area contributed by atoms with Crippen LogP contribution in [0.25, 0.3) is 0 Å². The highest BCUT2D eigenvalue weighted by Gasteiger charge is 2.16. The third-order valence-corrected chi connectivity index (χ3v) is 2.21. The van der Waals surface area contributed by atoms with Crippen LogP contribution in [0.5, 0.6) is 0 Å². The number of nitrogens with zero attached hydrogens (tertiary/aromatic N) is 3. The Bertz CT molecular complexity index is 439. The van der Waals surface area contributed by atoms with Gasteiger partial charge in [0.15, 0.2) is 0 Å². The minimum Gasteiger partial charge on any atom is -0.369 e.